The highest BCUT2D eigenvalue weighted by Crippen LogP contribution is 2.17. The van der Waals surface area contributed by atoms with Gasteiger partial charge in [0.05, 0.1) is 0 Å². The summed E-state index contributed by atoms with van der Waals surface area (Å²) in [4.78, 5) is 12.1. The second kappa shape index (κ2) is 8.56. The van der Waals surface area contributed by atoms with Crippen molar-refractivity contribution in [3.8, 4) is 5.75 Å². The molecular formula is C18H21ClN2O2. The Labute approximate surface area is 141 Å². The van der Waals surface area contributed by atoms with Gasteiger partial charge in [-0.3, -0.25) is 4.79 Å². The Morgan fingerprint density at radius 1 is 1.22 bits per heavy atom. The zero-order valence-corrected chi connectivity index (χ0v) is 14.1. The summed E-state index contributed by atoms with van der Waals surface area (Å²) < 4.78 is 5.73. The van der Waals surface area contributed by atoms with E-state index in [4.69, 9.17) is 16.3 Å². The molecule has 2 aromatic rings. The van der Waals surface area contributed by atoms with E-state index in [1.807, 2.05) is 50.4 Å². The van der Waals surface area contributed by atoms with Crippen molar-refractivity contribution in [2.45, 2.75) is 19.6 Å². The molecule has 0 aliphatic rings. The van der Waals surface area contributed by atoms with Crippen molar-refractivity contribution in [1.29, 1.82) is 0 Å². The molecule has 0 aromatic heterocycles. The summed E-state index contributed by atoms with van der Waals surface area (Å²) in [5.74, 6) is 0.541. The van der Waals surface area contributed by atoms with Gasteiger partial charge in [0.2, 0.25) is 0 Å². The summed E-state index contributed by atoms with van der Waals surface area (Å²) in [6, 6.07) is 14.9. The fourth-order valence-electron chi connectivity index (χ4n) is 1.97. The third kappa shape index (κ3) is 5.58. The smallest absolute Gasteiger partial charge is 0.251 e. The molecule has 0 aliphatic heterocycles. The van der Waals surface area contributed by atoms with Gasteiger partial charge in [-0.1, -0.05) is 29.8 Å². The minimum absolute atomic E-state index is 0.111. The number of rotatable bonds is 7. The molecule has 122 valence electrons. The fourth-order valence-corrected chi connectivity index (χ4v) is 2.18. The maximum atomic E-state index is 12.1. The van der Waals surface area contributed by atoms with Crippen LogP contribution in [0.5, 0.6) is 5.75 Å². The van der Waals surface area contributed by atoms with Gasteiger partial charge in [0, 0.05) is 23.2 Å². The Morgan fingerprint density at radius 3 is 2.74 bits per heavy atom. The molecule has 2 rings (SSSR count). The van der Waals surface area contributed by atoms with Crippen LogP contribution in [0.1, 0.15) is 22.8 Å². The minimum atomic E-state index is -0.111. The second-order valence-electron chi connectivity index (χ2n) is 5.35. The fraction of sp³-hybridized carbons (Fsp3) is 0.278. The van der Waals surface area contributed by atoms with Gasteiger partial charge in [-0.15, -0.1) is 0 Å². The topological polar surface area (TPSA) is 50.4 Å². The van der Waals surface area contributed by atoms with Crippen LogP contribution in [0.4, 0.5) is 0 Å². The summed E-state index contributed by atoms with van der Waals surface area (Å²) in [5.41, 5.74) is 1.56. The normalized spacial score (nSPS) is 11.8. The molecule has 0 fully saturated rings. The van der Waals surface area contributed by atoms with Crippen molar-refractivity contribution < 1.29 is 9.53 Å². The number of carbonyl (C=O) groups excluding carboxylic acids is 1. The molecule has 0 heterocycles. The maximum Gasteiger partial charge on any atom is 0.251 e. The molecule has 2 N–H and O–H groups in total. The van der Waals surface area contributed by atoms with Crippen molar-refractivity contribution in [2.24, 2.45) is 0 Å². The molecule has 0 bridgehead atoms. The van der Waals surface area contributed by atoms with Crippen LogP contribution in [0.3, 0.4) is 0 Å². The average Bonchev–Trinajstić information content (AvgIpc) is 2.58. The molecular weight excluding hydrogens is 312 g/mol. The lowest BCUT2D eigenvalue weighted by atomic mass is 10.2. The number of likely N-dealkylation sites (N-methyl/N-ethyl adjacent to an activating group) is 1. The van der Waals surface area contributed by atoms with E-state index in [2.05, 4.69) is 10.6 Å². The van der Waals surface area contributed by atoms with Crippen LogP contribution in [-0.4, -0.2) is 25.5 Å². The van der Waals surface area contributed by atoms with Gasteiger partial charge in [-0.05, 0) is 49.9 Å². The summed E-state index contributed by atoms with van der Waals surface area (Å²) in [6.45, 7) is 2.98. The molecule has 0 saturated carbocycles. The van der Waals surface area contributed by atoms with Crippen LogP contribution < -0.4 is 15.4 Å². The first-order valence-corrected chi connectivity index (χ1v) is 7.89. The standard InChI is InChI=1S/C18H21ClN2O2/c1-13(20-2)11-21-18(22)15-6-4-8-17(10-15)23-12-14-5-3-7-16(19)9-14/h3-10,13,20H,11-12H2,1-2H3,(H,21,22). The number of carbonyl (C=O) groups is 1. The van der Waals surface area contributed by atoms with Gasteiger partial charge < -0.3 is 15.4 Å². The molecule has 1 atom stereocenters. The number of nitrogens with one attached hydrogen (secondary N) is 2. The number of hydrogen-bond acceptors (Lipinski definition) is 3. The highest BCUT2D eigenvalue weighted by atomic mass is 35.5. The van der Waals surface area contributed by atoms with Crippen LogP contribution >= 0.6 is 11.6 Å². The molecule has 0 saturated heterocycles. The van der Waals surface area contributed by atoms with Gasteiger partial charge in [0.1, 0.15) is 12.4 Å². The van der Waals surface area contributed by atoms with E-state index in [9.17, 15) is 4.79 Å². The third-order valence-corrected chi connectivity index (χ3v) is 3.69. The van der Waals surface area contributed by atoms with Gasteiger partial charge in [-0.2, -0.15) is 0 Å². The highest BCUT2D eigenvalue weighted by Gasteiger charge is 2.08. The molecule has 1 amide bonds. The van der Waals surface area contributed by atoms with Crippen molar-refractivity contribution in [2.75, 3.05) is 13.6 Å². The largest absolute Gasteiger partial charge is 0.489 e. The third-order valence-electron chi connectivity index (χ3n) is 3.45. The lowest BCUT2D eigenvalue weighted by molar-refractivity contribution is 0.0950. The molecule has 5 heteroatoms. The predicted molar refractivity (Wildman–Crippen MR) is 93.1 cm³/mol. The number of halogens is 1. The summed E-state index contributed by atoms with van der Waals surface area (Å²) in [6.07, 6.45) is 0. The van der Waals surface area contributed by atoms with Crippen molar-refractivity contribution in [1.82, 2.24) is 10.6 Å². The monoisotopic (exact) mass is 332 g/mol. The highest BCUT2D eigenvalue weighted by molar-refractivity contribution is 6.30. The second-order valence-corrected chi connectivity index (χ2v) is 5.78. The Morgan fingerprint density at radius 2 is 2.00 bits per heavy atom. The van der Waals surface area contributed by atoms with Crippen LogP contribution in [0, 0.1) is 0 Å². The van der Waals surface area contributed by atoms with E-state index in [0.717, 1.165) is 5.56 Å². The quantitative estimate of drug-likeness (QED) is 0.818. The summed E-state index contributed by atoms with van der Waals surface area (Å²) in [5, 5.41) is 6.64. The first-order chi connectivity index (χ1) is 11.1. The molecule has 0 radical (unpaired) electrons. The van der Waals surface area contributed by atoms with Crippen LogP contribution in [-0.2, 0) is 6.61 Å². The molecule has 0 aliphatic carbocycles. The Bertz CT molecular complexity index is 661. The van der Waals surface area contributed by atoms with E-state index >= 15 is 0 Å². The van der Waals surface area contributed by atoms with Gasteiger partial charge in [-0.25, -0.2) is 0 Å². The summed E-state index contributed by atoms with van der Waals surface area (Å²) in [7, 11) is 1.86. The number of amides is 1. The SMILES string of the molecule is CNC(C)CNC(=O)c1cccc(OCc2cccc(Cl)c2)c1. The number of ether oxygens (including phenoxy) is 1. The molecule has 4 nitrogen and oxygen atoms in total. The first kappa shape index (κ1) is 17.3. The average molecular weight is 333 g/mol. The molecule has 1 unspecified atom stereocenters. The zero-order valence-electron chi connectivity index (χ0n) is 13.3. The van der Waals surface area contributed by atoms with Crippen LogP contribution in [0.25, 0.3) is 0 Å². The maximum absolute atomic E-state index is 12.1. The minimum Gasteiger partial charge on any atom is -0.489 e. The van der Waals surface area contributed by atoms with E-state index in [1.54, 1.807) is 12.1 Å². The zero-order chi connectivity index (χ0) is 16.7. The van der Waals surface area contributed by atoms with E-state index in [1.165, 1.54) is 0 Å². The van der Waals surface area contributed by atoms with Gasteiger partial charge in [0.25, 0.3) is 5.91 Å². The van der Waals surface area contributed by atoms with Gasteiger partial charge >= 0.3 is 0 Å². The lowest BCUT2D eigenvalue weighted by Gasteiger charge is -2.12. The van der Waals surface area contributed by atoms with Crippen molar-refractivity contribution >= 4 is 17.5 Å². The van der Waals surface area contributed by atoms with E-state index in [-0.39, 0.29) is 11.9 Å². The van der Waals surface area contributed by atoms with Crippen LogP contribution in [0.2, 0.25) is 5.02 Å². The Kier molecular flexibility index (Phi) is 6.44. The predicted octanol–water partition coefficient (Wildman–Crippen LogP) is 3.26. The molecule has 23 heavy (non-hydrogen) atoms. The van der Waals surface area contributed by atoms with Crippen LogP contribution in [0.15, 0.2) is 48.5 Å². The van der Waals surface area contributed by atoms with E-state index in [0.29, 0.717) is 29.5 Å². The van der Waals surface area contributed by atoms with Gasteiger partial charge in [0.15, 0.2) is 0 Å². The van der Waals surface area contributed by atoms with Crippen molar-refractivity contribution in [3.05, 3.63) is 64.7 Å². The number of hydrogen-bond donors (Lipinski definition) is 2. The summed E-state index contributed by atoms with van der Waals surface area (Å²) >= 11 is 5.95. The molecule has 0 spiro atoms. The Balaban J connectivity index is 1.95. The lowest BCUT2D eigenvalue weighted by Crippen LogP contribution is -2.37. The first-order valence-electron chi connectivity index (χ1n) is 7.51. The number of benzene rings is 2. The van der Waals surface area contributed by atoms with E-state index < -0.39 is 0 Å². The Hall–Kier alpha value is -2.04. The molecule has 2 aromatic carbocycles. The van der Waals surface area contributed by atoms with Crippen molar-refractivity contribution in [3.63, 3.8) is 0 Å².